The first-order valence-corrected chi connectivity index (χ1v) is 50.1. The number of nitrogens with zero attached hydrogens (tertiary/aromatic N) is 1. The SMILES string of the molecule is c1ccc(-c2ccc(-c3c4ccccc4c(-c4cccc(-c5cccc6c5sc5ccccc56)c4)c4ccccc34)cc2)cc1.c1ccc(-c2ccc(-c3c4ccccc4c(-c4ccccc4-c4cccc5c4sc4ccccc45)c4ccccc34)cc2)cc1.c1ccc(-c2ccccc2-c2c3ccccc3c(-c3ccccc3-c3cccc4c3c3ccccc3n4-c3ccccc3)c3ccccc23)cc1. The Kier molecular flexibility index (Phi) is 21.5. The fourth-order valence-corrected chi connectivity index (χ4v) is 24.9. The van der Waals surface area contributed by atoms with Crippen LogP contribution in [0.15, 0.2) is 540 Å². The first-order valence-electron chi connectivity index (χ1n) is 48.5. The van der Waals surface area contributed by atoms with E-state index in [4.69, 9.17) is 0 Å². The van der Waals surface area contributed by atoms with Gasteiger partial charge in [0.1, 0.15) is 0 Å². The molecule has 25 aromatic carbocycles. The molecule has 28 aromatic rings. The number of aromatic nitrogens is 1. The van der Waals surface area contributed by atoms with E-state index in [1.54, 1.807) is 0 Å². The van der Waals surface area contributed by atoms with Gasteiger partial charge in [-0.15, -0.1) is 22.7 Å². The fraction of sp³-hybridized carbons (Fsp3) is 0. The summed E-state index contributed by atoms with van der Waals surface area (Å²) >= 11 is 3.78. The third-order valence-electron chi connectivity index (χ3n) is 28.6. The van der Waals surface area contributed by atoms with Crippen molar-refractivity contribution in [3.8, 4) is 139 Å². The van der Waals surface area contributed by atoms with Crippen molar-refractivity contribution in [2.45, 2.75) is 0 Å². The summed E-state index contributed by atoms with van der Waals surface area (Å²) in [6.07, 6.45) is 0. The van der Waals surface area contributed by atoms with Crippen LogP contribution in [0.3, 0.4) is 0 Å². The van der Waals surface area contributed by atoms with Gasteiger partial charge in [0.25, 0.3) is 0 Å². The Labute approximate surface area is 826 Å². The maximum absolute atomic E-state index is 2.40. The van der Waals surface area contributed by atoms with Crippen LogP contribution in [-0.4, -0.2) is 4.57 Å². The first kappa shape index (κ1) is 83.9. The highest BCUT2D eigenvalue weighted by Gasteiger charge is 2.27. The molecule has 0 atom stereocenters. The molecule has 0 saturated heterocycles. The van der Waals surface area contributed by atoms with Gasteiger partial charge >= 0.3 is 0 Å². The lowest BCUT2D eigenvalue weighted by Crippen LogP contribution is -1.94. The van der Waals surface area contributed by atoms with E-state index in [0.29, 0.717) is 0 Å². The molecule has 0 radical (unpaired) electrons. The maximum Gasteiger partial charge on any atom is 0.0547 e. The molecular weight excluding hydrogens is 1740 g/mol. The Bertz CT molecular complexity index is 9540. The molecule has 0 saturated carbocycles. The van der Waals surface area contributed by atoms with Crippen molar-refractivity contribution in [3.63, 3.8) is 0 Å². The molecule has 141 heavy (non-hydrogen) atoms. The summed E-state index contributed by atoms with van der Waals surface area (Å²) in [5.74, 6) is 0. The van der Waals surface area contributed by atoms with Crippen LogP contribution in [0.1, 0.15) is 0 Å². The Morgan fingerprint density at radius 3 is 0.823 bits per heavy atom. The first-order chi connectivity index (χ1) is 70.0. The molecule has 3 heteroatoms. The summed E-state index contributed by atoms with van der Waals surface area (Å²) in [5.41, 5.74) is 33.7. The molecule has 0 aliphatic rings. The van der Waals surface area contributed by atoms with Gasteiger partial charge in [-0.1, -0.05) is 497 Å². The van der Waals surface area contributed by atoms with Crippen molar-refractivity contribution in [2.75, 3.05) is 0 Å². The summed E-state index contributed by atoms with van der Waals surface area (Å²) in [7, 11) is 0. The van der Waals surface area contributed by atoms with Gasteiger partial charge in [-0.3, -0.25) is 0 Å². The molecule has 0 fully saturated rings. The monoisotopic (exact) mass is 1820 g/mol. The second-order valence-corrected chi connectivity index (χ2v) is 38.5. The Morgan fingerprint density at radius 1 is 0.128 bits per heavy atom. The third kappa shape index (κ3) is 14.8. The van der Waals surface area contributed by atoms with Gasteiger partial charge in [0.05, 0.1) is 11.0 Å². The molecule has 0 spiro atoms. The maximum atomic E-state index is 2.40. The van der Waals surface area contributed by atoms with E-state index < -0.39 is 0 Å². The lowest BCUT2D eigenvalue weighted by Gasteiger charge is -2.21. The molecule has 3 aromatic heterocycles. The van der Waals surface area contributed by atoms with Crippen molar-refractivity contribution in [1.82, 2.24) is 4.57 Å². The average Bonchev–Trinajstić information content (AvgIpc) is 1.71. The second-order valence-electron chi connectivity index (χ2n) is 36.4. The lowest BCUT2D eigenvalue weighted by atomic mass is 9.82. The van der Waals surface area contributed by atoms with Gasteiger partial charge in [-0.25, -0.2) is 0 Å². The van der Waals surface area contributed by atoms with Crippen LogP contribution < -0.4 is 0 Å². The molecule has 0 N–H and O–H groups in total. The van der Waals surface area contributed by atoms with Crippen molar-refractivity contribution < 1.29 is 0 Å². The normalized spacial score (nSPS) is 11.5. The van der Waals surface area contributed by atoms with Crippen LogP contribution in [0, 0.1) is 0 Å². The standard InChI is InChI=1S/C50H33N.2C44H28S/c1-3-18-34(19-4-1)36-22-7-9-24-38(36)48-41-26-11-13-28-43(41)49(44-29-14-12-27-42(44)48)39-25-10-8-23-37(39)40-31-17-33-47-50(40)45-30-15-16-32-46(45)51(47)35-20-5-2-6-21-35;1-2-12-29(13-3-1)30-24-26-31(27-25-30)42-36-17-4-6-19-38(36)43(39-20-7-5-18-37(39)42)33-15-10-14-32(28-33)34-21-11-22-40-35-16-8-9-23-41(35)45-44(34)40;1-2-13-29(14-3-1)30-25-27-31(28-26-30)42-35-18-6-8-20-37(35)43(38-21-9-7-19-36(38)42)34-17-5-4-15-32(34)39-22-12-23-40-33-16-10-11-24-41(33)45-44(39)40/h1-33H;2*1-28H. The second kappa shape index (κ2) is 36.1. The van der Waals surface area contributed by atoms with Crippen LogP contribution >= 0.6 is 22.7 Å². The Hall–Kier alpha value is -17.7. The molecule has 0 amide bonds. The number of thiophene rings is 2. The summed E-state index contributed by atoms with van der Waals surface area (Å²) in [6, 6.07) is 197. The van der Waals surface area contributed by atoms with Crippen molar-refractivity contribution in [3.05, 3.63) is 540 Å². The molecule has 0 aliphatic heterocycles. The highest BCUT2D eigenvalue weighted by Crippen LogP contribution is 2.54. The van der Waals surface area contributed by atoms with Gasteiger partial charge in [0, 0.05) is 62.4 Å². The number of rotatable bonds is 13. The van der Waals surface area contributed by atoms with E-state index in [1.165, 1.54) is 260 Å². The van der Waals surface area contributed by atoms with Gasteiger partial charge in [-0.2, -0.15) is 0 Å². The summed E-state index contributed by atoms with van der Waals surface area (Å²) in [5, 5.41) is 23.0. The number of para-hydroxylation sites is 2. The van der Waals surface area contributed by atoms with E-state index in [1.807, 2.05) is 22.7 Å². The quantitative estimate of drug-likeness (QED) is 0.101. The Balaban J connectivity index is 0.000000109. The van der Waals surface area contributed by atoms with Crippen molar-refractivity contribution in [1.29, 1.82) is 0 Å². The number of fused-ring (bicyclic) bond motifs is 15. The van der Waals surface area contributed by atoms with Gasteiger partial charge in [0.15, 0.2) is 0 Å². The average molecular weight is 1830 g/mol. The van der Waals surface area contributed by atoms with Crippen LogP contribution in [0.25, 0.3) is 266 Å². The molecule has 0 unspecified atom stereocenters. The molecule has 0 aliphatic carbocycles. The number of hydrogen-bond donors (Lipinski definition) is 0. The fourth-order valence-electron chi connectivity index (χ4n) is 22.4. The minimum atomic E-state index is 1.16. The summed E-state index contributed by atoms with van der Waals surface area (Å²) < 4.78 is 7.76. The topological polar surface area (TPSA) is 4.93 Å². The van der Waals surface area contributed by atoms with Crippen molar-refractivity contribution in [2.24, 2.45) is 0 Å². The molecular formula is C138H89NS2. The predicted molar refractivity (Wildman–Crippen MR) is 610 cm³/mol. The van der Waals surface area contributed by atoms with Crippen molar-refractivity contribution >= 4 is 149 Å². The van der Waals surface area contributed by atoms with E-state index in [0.717, 1.165) is 5.69 Å². The zero-order valence-electron chi connectivity index (χ0n) is 77.1. The number of hydrogen-bond acceptors (Lipinski definition) is 2. The highest BCUT2D eigenvalue weighted by atomic mass is 32.1. The van der Waals surface area contributed by atoms with E-state index in [-0.39, 0.29) is 0 Å². The molecule has 658 valence electrons. The highest BCUT2D eigenvalue weighted by molar-refractivity contribution is 7.26. The Morgan fingerprint density at radius 2 is 0.383 bits per heavy atom. The van der Waals surface area contributed by atoms with Crippen LogP contribution in [-0.2, 0) is 0 Å². The van der Waals surface area contributed by atoms with Gasteiger partial charge < -0.3 is 4.57 Å². The minimum absolute atomic E-state index is 1.16. The zero-order valence-corrected chi connectivity index (χ0v) is 78.8. The van der Waals surface area contributed by atoms with E-state index in [2.05, 4.69) is 544 Å². The van der Waals surface area contributed by atoms with Crippen LogP contribution in [0.4, 0.5) is 0 Å². The molecule has 0 bridgehead atoms. The minimum Gasteiger partial charge on any atom is -0.309 e. The number of benzene rings is 25. The lowest BCUT2D eigenvalue weighted by molar-refractivity contribution is 1.18. The van der Waals surface area contributed by atoms with E-state index in [9.17, 15) is 0 Å². The predicted octanol–water partition coefficient (Wildman–Crippen LogP) is 39.8. The molecule has 1 nitrogen and oxygen atoms in total. The van der Waals surface area contributed by atoms with Crippen LogP contribution in [0.5, 0.6) is 0 Å². The molecule has 28 rings (SSSR count). The summed E-state index contributed by atoms with van der Waals surface area (Å²) in [4.78, 5) is 0. The summed E-state index contributed by atoms with van der Waals surface area (Å²) in [6.45, 7) is 0. The third-order valence-corrected chi connectivity index (χ3v) is 31.0. The van der Waals surface area contributed by atoms with Crippen LogP contribution in [0.2, 0.25) is 0 Å². The van der Waals surface area contributed by atoms with E-state index >= 15 is 0 Å². The zero-order chi connectivity index (χ0) is 93.2. The molecule has 3 heterocycles. The largest absolute Gasteiger partial charge is 0.309 e. The smallest absolute Gasteiger partial charge is 0.0547 e. The van der Waals surface area contributed by atoms with Gasteiger partial charge in [-0.05, 0) is 235 Å². The van der Waals surface area contributed by atoms with Gasteiger partial charge in [0.2, 0.25) is 0 Å².